The fourth-order valence-corrected chi connectivity index (χ4v) is 5.16. The van der Waals surface area contributed by atoms with Crippen LogP contribution in [-0.4, -0.2) is 32.7 Å². The van der Waals surface area contributed by atoms with E-state index in [0.29, 0.717) is 0 Å². The first-order valence-corrected chi connectivity index (χ1v) is 11.6. The number of hydrogen-bond donors (Lipinski definition) is 2. The maximum Gasteiger partial charge on any atom is 0.132 e. The first-order chi connectivity index (χ1) is 13.2. The van der Waals surface area contributed by atoms with Gasteiger partial charge in [0.15, 0.2) is 0 Å². The van der Waals surface area contributed by atoms with Gasteiger partial charge in [0.1, 0.15) is 31.9 Å². The number of nitrogens with one attached hydrogen (secondary N) is 2. The van der Waals surface area contributed by atoms with Gasteiger partial charge in [0.2, 0.25) is 0 Å². The van der Waals surface area contributed by atoms with Crippen LogP contribution in [0.15, 0.2) is 57.9 Å². The van der Waals surface area contributed by atoms with Crippen LogP contribution in [0, 0.1) is 13.8 Å². The minimum atomic E-state index is 0. The van der Waals surface area contributed by atoms with Crippen molar-refractivity contribution in [1.82, 2.24) is 0 Å². The lowest BCUT2D eigenvalue weighted by Gasteiger charge is -2.29. The summed E-state index contributed by atoms with van der Waals surface area (Å²) in [6, 6.07) is 11.4. The van der Waals surface area contributed by atoms with Crippen molar-refractivity contribution in [3.05, 3.63) is 80.2 Å². The molecule has 3 heterocycles. The van der Waals surface area contributed by atoms with Crippen molar-refractivity contribution in [2.45, 2.75) is 13.8 Å². The van der Waals surface area contributed by atoms with Crippen LogP contribution >= 0.6 is 22.7 Å². The molecule has 1 fully saturated rings. The second-order valence-corrected chi connectivity index (χ2v) is 9.06. The van der Waals surface area contributed by atoms with Gasteiger partial charge in [-0.3, -0.25) is 4.90 Å². The van der Waals surface area contributed by atoms with E-state index < -0.39 is 0 Å². The van der Waals surface area contributed by atoms with Crippen molar-refractivity contribution in [2.75, 3.05) is 32.7 Å². The molecule has 0 atom stereocenters. The monoisotopic (exact) mass is 466 g/mol. The van der Waals surface area contributed by atoms with Crippen molar-refractivity contribution < 1.29 is 34.6 Å². The second kappa shape index (κ2) is 11.3. The van der Waals surface area contributed by atoms with Crippen LogP contribution in [0.1, 0.15) is 22.3 Å². The lowest BCUT2D eigenvalue weighted by Crippen LogP contribution is -3.26. The van der Waals surface area contributed by atoms with Gasteiger partial charge in [0.05, 0.1) is 6.54 Å². The molecule has 2 N–H and O–H groups in total. The van der Waals surface area contributed by atoms with Crippen LogP contribution in [0.4, 0.5) is 5.69 Å². The summed E-state index contributed by atoms with van der Waals surface area (Å²) >= 11 is 3.56. The van der Waals surface area contributed by atoms with E-state index in [1.165, 1.54) is 59.7 Å². The Morgan fingerprint density at radius 1 is 0.862 bits per heavy atom. The van der Waals surface area contributed by atoms with Crippen molar-refractivity contribution in [1.29, 1.82) is 0 Å². The third kappa shape index (κ3) is 5.94. The number of benzene rings is 1. The van der Waals surface area contributed by atoms with Crippen molar-refractivity contribution in [3.8, 4) is 0 Å². The molecule has 3 aromatic rings. The lowest BCUT2D eigenvalue weighted by molar-refractivity contribution is -0.983. The summed E-state index contributed by atoms with van der Waals surface area (Å²) in [5.41, 5.74) is 8.38. The maximum absolute atomic E-state index is 2.46. The molecule has 1 saturated heterocycles. The molecule has 0 aliphatic carbocycles. The van der Waals surface area contributed by atoms with Crippen LogP contribution in [-0.2, 0) is 0 Å². The Bertz CT molecular complexity index is 861. The van der Waals surface area contributed by atoms with Gasteiger partial charge in [-0.2, -0.15) is 22.7 Å². The lowest BCUT2D eigenvalue weighted by atomic mass is 10.0. The molecule has 1 aromatic carbocycles. The standard InChI is InChI=1S/C23H26N2S2.2ClH/c1-18-3-4-22(15-19(18)2)25-11-9-24(10-12-25)8-5-23(20-6-13-26-16-20)21-7-14-27-17-21;;/h3-7,13-17H,8-12H2,1-2H3;2*1H. The summed E-state index contributed by atoms with van der Waals surface area (Å²) in [6.45, 7) is 10.4. The number of aryl methyl sites for hydroxylation is 2. The van der Waals surface area contributed by atoms with Crippen molar-refractivity contribution >= 4 is 33.9 Å². The largest absolute Gasteiger partial charge is 1.00 e. The third-order valence-corrected chi connectivity index (χ3v) is 7.10. The Hall–Kier alpha value is -1.14. The molecular weight excluding hydrogens is 439 g/mol. The number of rotatable bonds is 5. The van der Waals surface area contributed by atoms with Crippen LogP contribution < -0.4 is 34.6 Å². The van der Waals surface area contributed by atoms with Gasteiger partial charge in [0, 0.05) is 6.07 Å². The van der Waals surface area contributed by atoms with E-state index in [1.807, 2.05) is 0 Å². The maximum atomic E-state index is 2.46. The van der Waals surface area contributed by atoms with Gasteiger partial charge in [-0.15, -0.1) is 0 Å². The Morgan fingerprint density at radius 3 is 2.00 bits per heavy atom. The quantitative estimate of drug-likeness (QED) is 0.396. The molecular formula is C23H28Cl2N2S2. The zero-order chi connectivity index (χ0) is 18.6. The van der Waals surface area contributed by atoms with Crippen molar-refractivity contribution in [2.24, 2.45) is 0 Å². The van der Waals surface area contributed by atoms with Crippen LogP contribution in [0.2, 0.25) is 0 Å². The third-order valence-electron chi connectivity index (χ3n) is 5.74. The SMILES string of the molecule is Cc1ccc([NH+]2CC[NH+](CC=C(c3ccsc3)c3ccsc3)CC2)cc1C.[Cl-].[Cl-]. The molecule has 1 aliphatic heterocycles. The summed E-state index contributed by atoms with van der Waals surface area (Å²) in [7, 11) is 0. The highest BCUT2D eigenvalue weighted by Crippen LogP contribution is 2.26. The van der Waals surface area contributed by atoms with E-state index in [9.17, 15) is 0 Å². The highest BCUT2D eigenvalue weighted by Gasteiger charge is 2.24. The average Bonchev–Trinajstić information content (AvgIpc) is 3.39. The number of piperazine rings is 1. The van der Waals surface area contributed by atoms with Crippen LogP contribution in [0.5, 0.6) is 0 Å². The average molecular weight is 468 g/mol. The van der Waals surface area contributed by atoms with E-state index in [0.717, 1.165) is 6.54 Å². The molecule has 0 radical (unpaired) electrons. The number of halogens is 2. The molecule has 29 heavy (non-hydrogen) atoms. The van der Waals surface area contributed by atoms with Gasteiger partial charge in [0.25, 0.3) is 0 Å². The van der Waals surface area contributed by atoms with E-state index in [-0.39, 0.29) is 24.8 Å². The normalized spacial score (nSPS) is 18.4. The minimum Gasteiger partial charge on any atom is -1.00 e. The Kier molecular flexibility index (Phi) is 9.41. The van der Waals surface area contributed by atoms with E-state index in [2.05, 4.69) is 71.8 Å². The summed E-state index contributed by atoms with van der Waals surface area (Å²) in [5.74, 6) is 0. The highest BCUT2D eigenvalue weighted by molar-refractivity contribution is 7.08. The smallest absolute Gasteiger partial charge is 0.132 e. The molecule has 0 unspecified atom stereocenters. The Labute approximate surface area is 194 Å². The molecule has 0 bridgehead atoms. The predicted molar refractivity (Wildman–Crippen MR) is 118 cm³/mol. The molecule has 2 aromatic heterocycles. The fraction of sp³-hybridized carbons (Fsp3) is 0.304. The van der Waals surface area contributed by atoms with E-state index >= 15 is 0 Å². The molecule has 4 rings (SSSR count). The van der Waals surface area contributed by atoms with Gasteiger partial charge < -0.3 is 29.7 Å². The molecule has 0 spiro atoms. The van der Waals surface area contributed by atoms with E-state index in [1.54, 1.807) is 32.5 Å². The summed E-state index contributed by atoms with van der Waals surface area (Å²) in [6.07, 6.45) is 2.46. The minimum absolute atomic E-state index is 0. The first-order valence-electron chi connectivity index (χ1n) is 9.72. The number of quaternary nitrogens is 2. The second-order valence-electron chi connectivity index (χ2n) is 7.50. The summed E-state index contributed by atoms with van der Waals surface area (Å²) in [4.78, 5) is 3.34. The zero-order valence-corrected chi connectivity index (χ0v) is 20.0. The Morgan fingerprint density at radius 2 is 1.48 bits per heavy atom. The summed E-state index contributed by atoms with van der Waals surface area (Å²) in [5, 5.41) is 8.88. The zero-order valence-electron chi connectivity index (χ0n) is 16.9. The van der Waals surface area contributed by atoms with Crippen LogP contribution in [0.3, 0.4) is 0 Å². The molecule has 0 saturated carbocycles. The predicted octanol–water partition coefficient (Wildman–Crippen LogP) is -3.02. The molecule has 6 heteroatoms. The first kappa shape index (κ1) is 24.1. The summed E-state index contributed by atoms with van der Waals surface area (Å²) < 4.78 is 0. The molecule has 0 amide bonds. The highest BCUT2D eigenvalue weighted by atomic mass is 35.5. The van der Waals surface area contributed by atoms with Gasteiger partial charge >= 0.3 is 0 Å². The number of thiophene rings is 2. The Balaban J connectivity index is 0.00000150. The van der Waals surface area contributed by atoms with Gasteiger partial charge in [-0.25, -0.2) is 0 Å². The molecule has 156 valence electrons. The van der Waals surface area contributed by atoms with Crippen molar-refractivity contribution in [3.63, 3.8) is 0 Å². The topological polar surface area (TPSA) is 8.88 Å². The van der Waals surface area contributed by atoms with Crippen LogP contribution in [0.25, 0.3) is 5.57 Å². The number of hydrogen-bond acceptors (Lipinski definition) is 2. The molecule has 1 aliphatic rings. The van der Waals surface area contributed by atoms with Gasteiger partial charge in [-0.1, -0.05) is 6.07 Å². The fourth-order valence-electron chi connectivity index (χ4n) is 3.84. The van der Waals surface area contributed by atoms with E-state index in [4.69, 9.17) is 0 Å². The molecule has 2 nitrogen and oxygen atoms in total. The van der Waals surface area contributed by atoms with Gasteiger partial charge in [-0.05, 0) is 87.5 Å².